The van der Waals surface area contributed by atoms with Crippen LogP contribution in [0.3, 0.4) is 0 Å². The van der Waals surface area contributed by atoms with E-state index >= 15 is 0 Å². The number of benzene rings is 2. The summed E-state index contributed by atoms with van der Waals surface area (Å²) >= 11 is 5.56. The fourth-order valence-corrected chi connectivity index (χ4v) is 1.60. The molecule has 0 saturated carbocycles. The van der Waals surface area contributed by atoms with Crippen molar-refractivity contribution in [2.75, 3.05) is 0 Å². The lowest BCUT2D eigenvalue weighted by Gasteiger charge is -2.07. The molecule has 0 unspecified atom stereocenters. The normalized spacial score (nSPS) is 10.6. The first kappa shape index (κ1) is 11.9. The molecular weight excluding hydrogens is 256 g/mol. The molecule has 17 heavy (non-hydrogen) atoms. The summed E-state index contributed by atoms with van der Waals surface area (Å²) in [5.41, 5.74) is -1.02. The van der Waals surface area contributed by atoms with E-state index in [1.54, 1.807) is 0 Å². The largest absolute Gasteiger partial charge is 0.207 e. The molecule has 0 aliphatic heterocycles. The van der Waals surface area contributed by atoms with Crippen LogP contribution < -0.4 is 0 Å². The zero-order valence-corrected chi connectivity index (χ0v) is 8.96. The minimum Gasteiger partial charge on any atom is -0.207 e. The third-order valence-corrected chi connectivity index (χ3v) is 2.36. The van der Waals surface area contributed by atoms with E-state index in [4.69, 9.17) is 11.6 Å². The van der Waals surface area contributed by atoms with Crippen molar-refractivity contribution >= 4 is 11.6 Å². The van der Waals surface area contributed by atoms with Gasteiger partial charge in [0, 0.05) is 28.8 Å². The zero-order chi connectivity index (χ0) is 12.6. The van der Waals surface area contributed by atoms with Crippen LogP contribution in [0.2, 0.25) is 5.02 Å². The smallest absolute Gasteiger partial charge is 0.136 e. The lowest BCUT2D eigenvalue weighted by molar-refractivity contribution is 0.545. The molecule has 0 amide bonds. The summed E-state index contributed by atoms with van der Waals surface area (Å²) in [4.78, 5) is 0. The maximum atomic E-state index is 13.4. The van der Waals surface area contributed by atoms with Crippen molar-refractivity contribution < 1.29 is 17.6 Å². The molecule has 87 valence electrons. The molecule has 0 N–H and O–H groups in total. The van der Waals surface area contributed by atoms with Gasteiger partial charge in [-0.25, -0.2) is 17.6 Å². The van der Waals surface area contributed by atoms with Gasteiger partial charge in [-0.15, -0.1) is 0 Å². The summed E-state index contributed by atoms with van der Waals surface area (Å²) in [6.45, 7) is 0. The highest BCUT2D eigenvalue weighted by Crippen LogP contribution is 2.30. The Morgan fingerprint density at radius 3 is 2.06 bits per heavy atom. The van der Waals surface area contributed by atoms with Gasteiger partial charge >= 0.3 is 0 Å². The Balaban J connectivity index is 2.72. The van der Waals surface area contributed by atoms with Crippen molar-refractivity contribution in [2.45, 2.75) is 0 Å². The predicted molar refractivity (Wildman–Crippen MR) is 55.6 cm³/mol. The molecule has 0 fully saturated rings. The highest BCUT2D eigenvalue weighted by atomic mass is 35.5. The monoisotopic (exact) mass is 259 g/mol. The van der Waals surface area contributed by atoms with E-state index in [2.05, 4.69) is 6.07 Å². The first-order chi connectivity index (χ1) is 7.99. The summed E-state index contributed by atoms with van der Waals surface area (Å²) in [6.07, 6.45) is 0. The molecular formula is C12H4ClF4. The van der Waals surface area contributed by atoms with Crippen molar-refractivity contribution in [3.63, 3.8) is 0 Å². The predicted octanol–water partition coefficient (Wildman–Crippen LogP) is 4.36. The number of halogens is 5. The van der Waals surface area contributed by atoms with Crippen LogP contribution in [-0.4, -0.2) is 0 Å². The fourth-order valence-electron chi connectivity index (χ4n) is 1.44. The molecule has 2 aromatic rings. The van der Waals surface area contributed by atoms with Gasteiger partial charge in [-0.3, -0.25) is 0 Å². The maximum Gasteiger partial charge on any atom is 0.136 e. The minimum atomic E-state index is -1.19. The molecule has 0 aliphatic carbocycles. The third kappa shape index (κ3) is 2.26. The Morgan fingerprint density at radius 2 is 1.47 bits per heavy atom. The van der Waals surface area contributed by atoms with Crippen molar-refractivity contribution in [3.05, 3.63) is 58.6 Å². The SMILES string of the molecule is Fc1cc(F)c(-c2cc(Cl)[c]cc2F)c(F)c1. The van der Waals surface area contributed by atoms with Crippen molar-refractivity contribution in [1.82, 2.24) is 0 Å². The second kappa shape index (κ2) is 4.37. The summed E-state index contributed by atoms with van der Waals surface area (Å²) < 4.78 is 52.9. The lowest BCUT2D eigenvalue weighted by Crippen LogP contribution is -1.95. The molecule has 0 saturated heterocycles. The Hall–Kier alpha value is -1.55. The van der Waals surface area contributed by atoms with Crippen LogP contribution in [-0.2, 0) is 0 Å². The van der Waals surface area contributed by atoms with Gasteiger partial charge in [0.2, 0.25) is 0 Å². The Kier molecular flexibility index (Phi) is 3.07. The van der Waals surface area contributed by atoms with Crippen LogP contribution in [0.15, 0.2) is 24.3 Å². The first-order valence-corrected chi connectivity index (χ1v) is 4.88. The minimum absolute atomic E-state index is 0.00419. The molecule has 0 spiro atoms. The summed E-state index contributed by atoms with van der Waals surface area (Å²) in [5.74, 6) is -4.34. The Bertz CT molecular complexity index is 558. The quantitative estimate of drug-likeness (QED) is 0.668. The molecule has 0 aliphatic rings. The highest BCUT2D eigenvalue weighted by molar-refractivity contribution is 6.30. The summed E-state index contributed by atoms with van der Waals surface area (Å²) in [7, 11) is 0. The fraction of sp³-hybridized carbons (Fsp3) is 0. The van der Waals surface area contributed by atoms with Gasteiger partial charge in [-0.1, -0.05) is 11.6 Å². The topological polar surface area (TPSA) is 0 Å². The standard InChI is InChI=1S/C12H4ClF4/c13-6-1-2-9(15)8(3-6)12-10(16)4-7(14)5-11(12)17/h2-5H. The molecule has 0 aromatic heterocycles. The second-order valence-electron chi connectivity index (χ2n) is 3.29. The third-order valence-electron chi connectivity index (χ3n) is 2.14. The molecule has 0 bridgehead atoms. The van der Waals surface area contributed by atoms with Crippen LogP contribution in [0, 0.1) is 29.3 Å². The van der Waals surface area contributed by atoms with Gasteiger partial charge in [0.1, 0.15) is 23.3 Å². The molecule has 1 radical (unpaired) electrons. The number of rotatable bonds is 1. The molecule has 0 nitrogen and oxygen atoms in total. The Morgan fingerprint density at radius 1 is 0.882 bits per heavy atom. The van der Waals surface area contributed by atoms with Gasteiger partial charge in [0.25, 0.3) is 0 Å². The van der Waals surface area contributed by atoms with Gasteiger partial charge in [-0.2, -0.15) is 0 Å². The molecule has 2 aromatic carbocycles. The molecule has 0 heterocycles. The first-order valence-electron chi connectivity index (χ1n) is 4.50. The summed E-state index contributed by atoms with van der Waals surface area (Å²) in [5, 5.41) is 0.00419. The second-order valence-corrected chi connectivity index (χ2v) is 3.69. The van der Waals surface area contributed by atoms with E-state index in [0.717, 1.165) is 12.1 Å². The van der Waals surface area contributed by atoms with E-state index in [9.17, 15) is 17.6 Å². The van der Waals surface area contributed by atoms with E-state index < -0.39 is 28.8 Å². The van der Waals surface area contributed by atoms with Crippen LogP contribution in [0.25, 0.3) is 11.1 Å². The molecule has 0 atom stereocenters. The van der Waals surface area contributed by atoms with E-state index in [-0.39, 0.29) is 10.6 Å². The maximum absolute atomic E-state index is 13.4. The number of hydrogen-bond donors (Lipinski definition) is 0. The van der Waals surface area contributed by atoms with Crippen LogP contribution in [0.4, 0.5) is 17.6 Å². The van der Waals surface area contributed by atoms with Crippen molar-refractivity contribution in [1.29, 1.82) is 0 Å². The van der Waals surface area contributed by atoms with Crippen molar-refractivity contribution in [3.8, 4) is 11.1 Å². The van der Waals surface area contributed by atoms with Crippen molar-refractivity contribution in [2.24, 2.45) is 0 Å². The van der Waals surface area contributed by atoms with Gasteiger partial charge in [0.15, 0.2) is 0 Å². The Labute approximate surface area is 99.5 Å². The zero-order valence-electron chi connectivity index (χ0n) is 8.20. The van der Waals surface area contributed by atoms with Crippen LogP contribution >= 0.6 is 11.6 Å². The van der Waals surface area contributed by atoms with E-state index in [1.165, 1.54) is 0 Å². The molecule has 2 rings (SSSR count). The molecule has 5 heteroatoms. The van der Waals surface area contributed by atoms with Crippen LogP contribution in [0.1, 0.15) is 0 Å². The van der Waals surface area contributed by atoms with Gasteiger partial charge in [-0.05, 0) is 12.1 Å². The lowest BCUT2D eigenvalue weighted by atomic mass is 10.0. The number of hydrogen-bond acceptors (Lipinski definition) is 0. The summed E-state index contributed by atoms with van der Waals surface area (Å²) in [6, 6.07) is 5.17. The van der Waals surface area contributed by atoms with Crippen LogP contribution in [0.5, 0.6) is 0 Å². The van der Waals surface area contributed by atoms with Gasteiger partial charge in [0.05, 0.1) is 5.56 Å². The highest BCUT2D eigenvalue weighted by Gasteiger charge is 2.17. The van der Waals surface area contributed by atoms with E-state index in [1.807, 2.05) is 0 Å². The van der Waals surface area contributed by atoms with E-state index in [0.29, 0.717) is 12.1 Å². The average molecular weight is 260 g/mol. The van der Waals surface area contributed by atoms with Gasteiger partial charge < -0.3 is 0 Å². The average Bonchev–Trinajstić information content (AvgIpc) is 2.21.